The smallest absolute Gasteiger partial charge is 0.251 e. The second-order valence-electron chi connectivity index (χ2n) is 7.14. The van der Waals surface area contributed by atoms with Gasteiger partial charge in [-0.3, -0.25) is 14.5 Å². The summed E-state index contributed by atoms with van der Waals surface area (Å²) in [7, 11) is 0. The third-order valence-corrected chi connectivity index (χ3v) is 5.25. The van der Waals surface area contributed by atoms with Gasteiger partial charge >= 0.3 is 0 Å². The van der Waals surface area contributed by atoms with Crippen LogP contribution in [-0.2, 0) is 6.54 Å². The van der Waals surface area contributed by atoms with Gasteiger partial charge in [0.15, 0.2) is 0 Å². The summed E-state index contributed by atoms with van der Waals surface area (Å²) in [4.78, 5) is 16.6. The molecular formula is C22H24N4O. The highest BCUT2D eigenvalue weighted by Crippen LogP contribution is 2.33. The Kier molecular flexibility index (Phi) is 5.01. The van der Waals surface area contributed by atoms with Crippen LogP contribution in [-0.4, -0.2) is 20.7 Å². The van der Waals surface area contributed by atoms with Crippen molar-refractivity contribution in [1.29, 1.82) is 0 Å². The Morgan fingerprint density at radius 3 is 2.63 bits per heavy atom. The van der Waals surface area contributed by atoms with Crippen molar-refractivity contribution in [3.8, 4) is 11.3 Å². The van der Waals surface area contributed by atoms with Crippen LogP contribution in [0.1, 0.15) is 53.3 Å². The fraction of sp³-hybridized carbons (Fsp3) is 0.318. The Labute approximate surface area is 159 Å². The van der Waals surface area contributed by atoms with Gasteiger partial charge in [-0.15, -0.1) is 0 Å². The van der Waals surface area contributed by atoms with Crippen molar-refractivity contribution in [2.24, 2.45) is 0 Å². The van der Waals surface area contributed by atoms with Crippen molar-refractivity contribution >= 4 is 5.91 Å². The number of aromatic nitrogens is 3. The van der Waals surface area contributed by atoms with E-state index in [0.717, 1.165) is 35.4 Å². The van der Waals surface area contributed by atoms with Gasteiger partial charge in [0.05, 0.1) is 24.0 Å². The predicted octanol–water partition coefficient (Wildman–Crippen LogP) is 4.30. The zero-order valence-electron chi connectivity index (χ0n) is 15.6. The van der Waals surface area contributed by atoms with E-state index in [9.17, 15) is 4.79 Å². The second kappa shape index (κ2) is 7.74. The van der Waals surface area contributed by atoms with E-state index in [2.05, 4.69) is 21.0 Å². The summed E-state index contributed by atoms with van der Waals surface area (Å²) in [6.45, 7) is 2.37. The van der Waals surface area contributed by atoms with Crippen molar-refractivity contribution in [3.63, 3.8) is 0 Å². The Bertz CT molecular complexity index is 926. The van der Waals surface area contributed by atoms with Gasteiger partial charge in [-0.25, -0.2) is 0 Å². The summed E-state index contributed by atoms with van der Waals surface area (Å²) in [5, 5.41) is 7.85. The lowest BCUT2D eigenvalue weighted by Crippen LogP contribution is -2.24. The minimum absolute atomic E-state index is 0.0611. The first-order valence-corrected chi connectivity index (χ1v) is 9.55. The maximum atomic E-state index is 12.5. The lowest BCUT2D eigenvalue weighted by Gasteiger charge is -2.14. The standard InChI is InChI=1S/C22H24N4O/c1-16-6-2-5-9-20(16)22(27)24-15-18-14-21(17-10-12-23-13-11-17)26(25-18)19-7-3-4-8-19/h2,5-6,9-14,19H,3-4,7-8,15H2,1H3,(H,24,27). The van der Waals surface area contributed by atoms with Gasteiger partial charge in [0.25, 0.3) is 5.91 Å². The highest BCUT2D eigenvalue weighted by atomic mass is 16.1. The van der Waals surface area contributed by atoms with Gasteiger partial charge in [-0.1, -0.05) is 31.0 Å². The van der Waals surface area contributed by atoms with Gasteiger partial charge in [0, 0.05) is 23.5 Å². The molecule has 0 radical (unpaired) electrons. The average molecular weight is 360 g/mol. The van der Waals surface area contributed by atoms with Crippen LogP contribution in [0.4, 0.5) is 0 Å². The number of rotatable bonds is 5. The number of pyridine rings is 1. The number of aryl methyl sites for hydroxylation is 1. The van der Waals surface area contributed by atoms with Crippen LogP contribution in [0, 0.1) is 6.92 Å². The number of amides is 1. The predicted molar refractivity (Wildman–Crippen MR) is 105 cm³/mol. The summed E-state index contributed by atoms with van der Waals surface area (Å²) in [6.07, 6.45) is 8.44. The second-order valence-corrected chi connectivity index (χ2v) is 7.14. The number of nitrogens with one attached hydrogen (secondary N) is 1. The Morgan fingerprint density at radius 2 is 1.89 bits per heavy atom. The minimum Gasteiger partial charge on any atom is -0.346 e. The molecule has 1 N–H and O–H groups in total. The van der Waals surface area contributed by atoms with Crippen LogP contribution in [0.5, 0.6) is 0 Å². The van der Waals surface area contributed by atoms with E-state index in [1.807, 2.05) is 43.3 Å². The van der Waals surface area contributed by atoms with Gasteiger partial charge in [-0.2, -0.15) is 5.10 Å². The zero-order chi connectivity index (χ0) is 18.6. The molecule has 1 aliphatic carbocycles. The van der Waals surface area contributed by atoms with Gasteiger partial charge in [0.2, 0.25) is 0 Å². The highest BCUT2D eigenvalue weighted by Gasteiger charge is 2.22. The van der Waals surface area contributed by atoms with Crippen molar-refractivity contribution < 1.29 is 4.79 Å². The summed E-state index contributed by atoms with van der Waals surface area (Å²) >= 11 is 0. The van der Waals surface area contributed by atoms with Crippen LogP contribution in [0.15, 0.2) is 54.9 Å². The van der Waals surface area contributed by atoms with Crippen LogP contribution >= 0.6 is 0 Å². The molecule has 5 heteroatoms. The highest BCUT2D eigenvalue weighted by molar-refractivity contribution is 5.95. The Hall–Kier alpha value is -2.95. The zero-order valence-corrected chi connectivity index (χ0v) is 15.6. The van der Waals surface area contributed by atoms with Gasteiger partial charge < -0.3 is 5.32 Å². The third kappa shape index (κ3) is 3.77. The molecule has 0 saturated heterocycles. The lowest BCUT2D eigenvalue weighted by molar-refractivity contribution is 0.0949. The fourth-order valence-corrected chi connectivity index (χ4v) is 3.79. The number of nitrogens with zero attached hydrogens (tertiary/aromatic N) is 3. The molecule has 0 atom stereocenters. The summed E-state index contributed by atoms with van der Waals surface area (Å²) < 4.78 is 2.15. The molecular weight excluding hydrogens is 336 g/mol. The molecule has 4 rings (SSSR count). The minimum atomic E-state index is -0.0611. The molecule has 5 nitrogen and oxygen atoms in total. The van der Waals surface area contributed by atoms with Crippen LogP contribution in [0.3, 0.4) is 0 Å². The molecule has 1 aromatic carbocycles. The van der Waals surface area contributed by atoms with E-state index < -0.39 is 0 Å². The van der Waals surface area contributed by atoms with E-state index in [0.29, 0.717) is 18.2 Å². The molecule has 2 aromatic heterocycles. The van der Waals surface area contributed by atoms with Crippen molar-refractivity contribution in [1.82, 2.24) is 20.1 Å². The first kappa shape index (κ1) is 17.5. The maximum absolute atomic E-state index is 12.5. The summed E-state index contributed by atoms with van der Waals surface area (Å²) in [5.41, 5.74) is 4.78. The molecule has 0 unspecified atom stereocenters. The number of carbonyl (C=O) groups excluding carboxylic acids is 1. The maximum Gasteiger partial charge on any atom is 0.251 e. The average Bonchev–Trinajstić information content (AvgIpc) is 3.37. The van der Waals surface area contributed by atoms with E-state index in [-0.39, 0.29) is 5.91 Å². The third-order valence-electron chi connectivity index (χ3n) is 5.25. The Morgan fingerprint density at radius 1 is 1.15 bits per heavy atom. The van der Waals surface area contributed by atoms with Gasteiger partial charge in [-0.05, 0) is 49.6 Å². The van der Waals surface area contributed by atoms with Crippen molar-refractivity contribution in [2.45, 2.75) is 45.2 Å². The normalized spacial score (nSPS) is 14.4. The topological polar surface area (TPSA) is 59.8 Å². The molecule has 3 aromatic rings. The first-order valence-electron chi connectivity index (χ1n) is 9.55. The molecule has 27 heavy (non-hydrogen) atoms. The number of carbonyl (C=O) groups is 1. The molecule has 1 fully saturated rings. The number of benzene rings is 1. The number of hydrogen-bond acceptors (Lipinski definition) is 3. The molecule has 1 aliphatic rings. The fourth-order valence-electron chi connectivity index (χ4n) is 3.79. The first-order chi connectivity index (χ1) is 13.2. The molecule has 2 heterocycles. The van der Waals surface area contributed by atoms with E-state index in [4.69, 9.17) is 5.10 Å². The summed E-state index contributed by atoms with van der Waals surface area (Å²) in [5.74, 6) is -0.0611. The molecule has 0 spiro atoms. The van der Waals surface area contributed by atoms with Crippen LogP contribution in [0.2, 0.25) is 0 Å². The number of hydrogen-bond donors (Lipinski definition) is 1. The molecule has 0 bridgehead atoms. The van der Waals surface area contributed by atoms with Crippen LogP contribution in [0.25, 0.3) is 11.3 Å². The SMILES string of the molecule is Cc1ccccc1C(=O)NCc1cc(-c2ccncc2)n(C2CCCC2)n1. The lowest BCUT2D eigenvalue weighted by atomic mass is 10.1. The van der Waals surface area contributed by atoms with Crippen molar-refractivity contribution in [3.05, 3.63) is 71.7 Å². The monoisotopic (exact) mass is 360 g/mol. The summed E-state index contributed by atoms with van der Waals surface area (Å²) in [6, 6.07) is 14.2. The largest absolute Gasteiger partial charge is 0.346 e. The van der Waals surface area contributed by atoms with E-state index >= 15 is 0 Å². The quantitative estimate of drug-likeness (QED) is 0.738. The van der Waals surface area contributed by atoms with Crippen LogP contribution < -0.4 is 5.32 Å². The Balaban J connectivity index is 1.56. The molecule has 1 saturated carbocycles. The molecule has 1 amide bonds. The van der Waals surface area contributed by atoms with E-state index in [1.54, 1.807) is 12.4 Å². The van der Waals surface area contributed by atoms with E-state index in [1.165, 1.54) is 12.8 Å². The van der Waals surface area contributed by atoms with Crippen molar-refractivity contribution in [2.75, 3.05) is 0 Å². The molecule has 0 aliphatic heterocycles. The molecule has 138 valence electrons. The van der Waals surface area contributed by atoms with Gasteiger partial charge in [0.1, 0.15) is 0 Å².